The van der Waals surface area contributed by atoms with Crippen molar-refractivity contribution in [3.05, 3.63) is 39.7 Å². The number of phenols is 1. The molecule has 1 aromatic carbocycles. The van der Waals surface area contributed by atoms with E-state index < -0.39 is 64.5 Å². The highest BCUT2D eigenvalue weighted by Gasteiger charge is 2.66. The number of allylic oxidation sites excluding steroid dienone is 1. The summed E-state index contributed by atoms with van der Waals surface area (Å²) in [5.41, 5.74) is 8.57. The third kappa shape index (κ3) is 3.26. The molecule has 4 rings (SSSR count). The highest BCUT2D eigenvalue weighted by atomic mass is 16.3. The number of Topliss-reactive ketones (excluding diaryl/α,β-unsaturated/α-hetero) is 3. The number of aromatic hydroxyl groups is 1. The summed E-state index contributed by atoms with van der Waals surface area (Å²) < 4.78 is 0. The molecule has 188 valence electrons. The van der Waals surface area contributed by atoms with E-state index in [-0.39, 0.29) is 47.4 Å². The molecule has 11 heteroatoms. The molecule has 0 heterocycles. The number of nitrogens with zero attached hydrogens (tertiary/aromatic N) is 1. The summed E-state index contributed by atoms with van der Waals surface area (Å²) in [5, 5.41) is 44.5. The monoisotopic (exact) mass is 487 g/mol. The summed E-state index contributed by atoms with van der Waals surface area (Å²) in [5.74, 6) is -8.52. The van der Waals surface area contributed by atoms with Crippen molar-refractivity contribution in [1.82, 2.24) is 4.90 Å². The van der Waals surface area contributed by atoms with Crippen LogP contribution >= 0.6 is 0 Å². The van der Waals surface area contributed by atoms with Gasteiger partial charge in [0, 0.05) is 35.2 Å². The lowest BCUT2D eigenvalue weighted by molar-refractivity contribution is -0.178. The molecule has 2 unspecified atom stereocenters. The number of likely N-dealkylation sites (N-methyl/N-ethyl adjacent to an activating group) is 1. The lowest BCUT2D eigenvalue weighted by atomic mass is 9.55. The lowest BCUT2D eigenvalue weighted by Crippen LogP contribution is -2.71. The number of aliphatic hydroxyl groups is 3. The fourth-order valence-corrected chi connectivity index (χ4v) is 6.20. The largest absolute Gasteiger partial charge is 0.508 e. The first-order valence-electron chi connectivity index (χ1n) is 11.3. The van der Waals surface area contributed by atoms with Gasteiger partial charge < -0.3 is 36.8 Å². The van der Waals surface area contributed by atoms with Gasteiger partial charge in [0.1, 0.15) is 17.4 Å². The van der Waals surface area contributed by atoms with Crippen LogP contribution < -0.4 is 11.5 Å². The van der Waals surface area contributed by atoms with E-state index in [0.29, 0.717) is 5.56 Å². The molecule has 11 nitrogen and oxygen atoms in total. The van der Waals surface area contributed by atoms with E-state index in [1.165, 1.54) is 17.9 Å². The van der Waals surface area contributed by atoms with E-state index in [1.54, 1.807) is 14.1 Å². The molecular weight excluding hydrogens is 458 g/mol. The molecule has 1 fully saturated rings. The van der Waals surface area contributed by atoms with Gasteiger partial charge in [-0.15, -0.1) is 0 Å². The van der Waals surface area contributed by atoms with E-state index >= 15 is 0 Å². The van der Waals surface area contributed by atoms with E-state index in [1.807, 2.05) is 0 Å². The molecule has 1 amide bonds. The third-order valence-electron chi connectivity index (χ3n) is 7.77. The minimum absolute atomic E-state index is 0.0189. The molecule has 3 aliphatic rings. The minimum Gasteiger partial charge on any atom is -0.508 e. The molecule has 3 aliphatic carbocycles. The van der Waals surface area contributed by atoms with Gasteiger partial charge >= 0.3 is 0 Å². The van der Waals surface area contributed by atoms with Crippen LogP contribution in [-0.4, -0.2) is 80.4 Å². The molecule has 6 atom stereocenters. The second kappa shape index (κ2) is 8.23. The van der Waals surface area contributed by atoms with Crippen molar-refractivity contribution < 1.29 is 39.6 Å². The first-order chi connectivity index (χ1) is 16.3. The second-order valence-corrected chi connectivity index (χ2v) is 9.84. The zero-order chi connectivity index (χ0) is 26.1. The standard InChI is InChI=1S/C24H29N3O8/c1-8(28)11-5-10(7-25)18(29)15-12(11)4-9-6-13-17(27(2)3)20(31)16(23(26)34)22(33)24(13,35)21(32)14(9)19(15)30/h5,9,13,16-17,20,29,31-32,35H,4,6-7,25H2,1-3H3,(H2,26,34)/t9-,13-,16?,17-,20?,24-/m0/s1. The summed E-state index contributed by atoms with van der Waals surface area (Å²) in [6.45, 7) is 1.16. The number of aliphatic hydroxyl groups excluding tert-OH is 2. The number of primary amides is 1. The Balaban J connectivity index is 1.98. The van der Waals surface area contributed by atoms with Crippen molar-refractivity contribution in [3.8, 4) is 5.75 Å². The molecule has 8 N–H and O–H groups in total. The Labute approximate surface area is 201 Å². The number of fused-ring (bicyclic) bond motifs is 3. The van der Waals surface area contributed by atoms with Crippen LogP contribution in [0.2, 0.25) is 0 Å². The van der Waals surface area contributed by atoms with Crippen molar-refractivity contribution in [2.45, 2.75) is 44.1 Å². The van der Waals surface area contributed by atoms with Gasteiger partial charge in [0.2, 0.25) is 5.91 Å². The Morgan fingerprint density at radius 1 is 1.23 bits per heavy atom. The first kappa shape index (κ1) is 25.0. The number of nitrogens with two attached hydrogens (primary N) is 2. The number of benzene rings is 1. The van der Waals surface area contributed by atoms with Crippen LogP contribution in [0, 0.1) is 17.8 Å². The quantitative estimate of drug-likeness (QED) is 0.224. The van der Waals surface area contributed by atoms with Gasteiger partial charge in [-0.05, 0) is 51.4 Å². The molecule has 0 saturated heterocycles. The Hall–Kier alpha value is -3.12. The van der Waals surface area contributed by atoms with Gasteiger partial charge in [-0.1, -0.05) is 0 Å². The molecule has 0 aromatic heterocycles. The van der Waals surface area contributed by atoms with Crippen molar-refractivity contribution in [2.75, 3.05) is 14.1 Å². The predicted molar refractivity (Wildman–Crippen MR) is 121 cm³/mol. The van der Waals surface area contributed by atoms with Gasteiger partial charge in [-0.25, -0.2) is 0 Å². The van der Waals surface area contributed by atoms with Gasteiger partial charge in [0.05, 0.1) is 11.7 Å². The van der Waals surface area contributed by atoms with Crippen LogP contribution in [0.25, 0.3) is 0 Å². The molecule has 35 heavy (non-hydrogen) atoms. The molecule has 0 aliphatic heterocycles. The topological polar surface area (TPSA) is 204 Å². The number of amides is 1. The Kier molecular flexibility index (Phi) is 5.88. The molecule has 0 spiro atoms. The molecule has 1 saturated carbocycles. The average molecular weight is 488 g/mol. The van der Waals surface area contributed by atoms with Crippen LogP contribution in [0.1, 0.15) is 45.2 Å². The lowest BCUT2D eigenvalue weighted by Gasteiger charge is -2.53. The van der Waals surface area contributed by atoms with Crippen LogP contribution in [0.3, 0.4) is 0 Å². The summed E-state index contributed by atoms with van der Waals surface area (Å²) in [4.78, 5) is 52.9. The Bertz CT molecular complexity index is 1210. The van der Waals surface area contributed by atoms with Gasteiger partial charge in [0.15, 0.2) is 23.0 Å². The van der Waals surface area contributed by atoms with Crippen LogP contribution in [0.4, 0.5) is 0 Å². The number of phenolic OH excluding ortho intramolecular Hbond substituents is 1. The molecular formula is C24H29N3O8. The van der Waals surface area contributed by atoms with E-state index in [0.717, 1.165) is 0 Å². The number of rotatable bonds is 4. The maximum Gasteiger partial charge on any atom is 0.230 e. The average Bonchev–Trinajstić information content (AvgIpc) is 2.75. The predicted octanol–water partition coefficient (Wildman–Crippen LogP) is -1.05. The van der Waals surface area contributed by atoms with E-state index in [4.69, 9.17) is 11.5 Å². The van der Waals surface area contributed by atoms with Crippen molar-refractivity contribution in [1.29, 1.82) is 0 Å². The van der Waals surface area contributed by atoms with Gasteiger partial charge in [-0.2, -0.15) is 0 Å². The SMILES string of the molecule is CC(=O)c1cc(CN)c(O)c2c1C[C@H]1C[C@H]3[C@H](N(C)C)C(O)C(C(N)=O)C(=O)[C@@]3(O)C(O)=C1C2=O. The summed E-state index contributed by atoms with van der Waals surface area (Å²) in [7, 11) is 3.17. The Morgan fingerprint density at radius 3 is 2.37 bits per heavy atom. The fraction of sp³-hybridized carbons (Fsp3) is 0.500. The van der Waals surface area contributed by atoms with Crippen LogP contribution in [-0.2, 0) is 22.6 Å². The third-order valence-corrected chi connectivity index (χ3v) is 7.77. The maximum atomic E-state index is 13.6. The minimum atomic E-state index is -2.66. The van der Waals surface area contributed by atoms with Crippen molar-refractivity contribution in [3.63, 3.8) is 0 Å². The highest BCUT2D eigenvalue weighted by Crippen LogP contribution is 2.53. The number of hydrogen-bond acceptors (Lipinski definition) is 10. The van der Waals surface area contributed by atoms with Gasteiger partial charge in [0.25, 0.3) is 0 Å². The zero-order valence-electron chi connectivity index (χ0n) is 19.6. The first-order valence-corrected chi connectivity index (χ1v) is 11.3. The molecule has 0 bridgehead atoms. The number of ketones is 3. The zero-order valence-corrected chi connectivity index (χ0v) is 19.6. The van der Waals surface area contributed by atoms with Crippen molar-refractivity contribution in [2.24, 2.45) is 29.2 Å². The fourth-order valence-electron chi connectivity index (χ4n) is 6.20. The Morgan fingerprint density at radius 2 is 1.86 bits per heavy atom. The molecule has 1 aromatic rings. The van der Waals surface area contributed by atoms with Crippen molar-refractivity contribution >= 4 is 23.3 Å². The van der Waals surface area contributed by atoms with Crippen LogP contribution in [0.5, 0.6) is 5.75 Å². The second-order valence-electron chi connectivity index (χ2n) is 9.84. The number of carbonyl (C=O) groups excluding carboxylic acids is 4. The van der Waals surface area contributed by atoms with Crippen LogP contribution in [0.15, 0.2) is 17.4 Å². The smallest absolute Gasteiger partial charge is 0.230 e. The summed E-state index contributed by atoms with van der Waals surface area (Å²) >= 11 is 0. The highest BCUT2D eigenvalue weighted by molar-refractivity contribution is 6.17. The molecule has 0 radical (unpaired) electrons. The van der Waals surface area contributed by atoms with Gasteiger partial charge in [-0.3, -0.25) is 19.2 Å². The number of carbonyl (C=O) groups is 4. The summed E-state index contributed by atoms with van der Waals surface area (Å²) in [6, 6.07) is 0.474. The maximum absolute atomic E-state index is 13.6. The van der Waals surface area contributed by atoms with E-state index in [2.05, 4.69) is 0 Å². The van der Waals surface area contributed by atoms with E-state index in [9.17, 15) is 39.6 Å². The normalized spacial score (nSPS) is 32.3. The summed E-state index contributed by atoms with van der Waals surface area (Å²) in [6.07, 6.45) is -1.51. The number of hydrogen-bond donors (Lipinski definition) is 6.